The third-order valence-electron chi connectivity index (χ3n) is 1.57. The zero-order chi connectivity index (χ0) is 9.14. The molecule has 3 N–H and O–H groups in total. The molecule has 0 saturated heterocycles. The van der Waals surface area contributed by atoms with E-state index in [0.29, 0.717) is 22.3 Å². The first-order chi connectivity index (χ1) is 5.69. The van der Waals surface area contributed by atoms with E-state index in [9.17, 15) is 5.11 Å². The van der Waals surface area contributed by atoms with E-state index in [4.69, 9.17) is 10.5 Å². The number of methoxy groups -OCH3 is 1. The van der Waals surface area contributed by atoms with Crippen LogP contribution in [0.4, 0.5) is 0 Å². The Balaban J connectivity index is 3.19. The molecule has 0 amide bonds. The van der Waals surface area contributed by atoms with Gasteiger partial charge in [0.1, 0.15) is 11.5 Å². The Hall–Kier alpha value is -0.740. The van der Waals surface area contributed by atoms with Gasteiger partial charge in [0, 0.05) is 12.1 Å². The average Bonchev–Trinajstić information content (AvgIpc) is 2.09. The van der Waals surface area contributed by atoms with Crippen molar-refractivity contribution in [2.24, 2.45) is 5.73 Å². The van der Waals surface area contributed by atoms with E-state index in [1.54, 1.807) is 19.2 Å². The topological polar surface area (TPSA) is 55.5 Å². The number of hydrogen-bond donors (Lipinski definition) is 2. The van der Waals surface area contributed by atoms with E-state index in [1.807, 2.05) is 0 Å². The molecular formula is C8H10BrNO2. The van der Waals surface area contributed by atoms with Crippen LogP contribution in [0.15, 0.2) is 16.6 Å². The van der Waals surface area contributed by atoms with Crippen LogP contribution < -0.4 is 10.5 Å². The molecule has 0 unspecified atom stereocenters. The van der Waals surface area contributed by atoms with Gasteiger partial charge in [-0.25, -0.2) is 0 Å². The minimum absolute atomic E-state index is 0.179. The lowest BCUT2D eigenvalue weighted by Crippen LogP contribution is -1.97. The van der Waals surface area contributed by atoms with Gasteiger partial charge in [0.15, 0.2) is 0 Å². The minimum atomic E-state index is 0.179. The molecule has 4 heteroatoms. The van der Waals surface area contributed by atoms with E-state index in [0.717, 1.165) is 0 Å². The fraction of sp³-hybridized carbons (Fsp3) is 0.250. The van der Waals surface area contributed by atoms with Gasteiger partial charge >= 0.3 is 0 Å². The standard InChI is InChI=1S/C8H10BrNO2/c1-12-6-2-5(4-10)8(11)7(9)3-6/h2-3,11H,4,10H2,1H3. The van der Waals surface area contributed by atoms with Crippen molar-refractivity contribution in [2.75, 3.05) is 7.11 Å². The summed E-state index contributed by atoms with van der Waals surface area (Å²) in [5, 5.41) is 9.44. The molecule has 0 aromatic heterocycles. The molecule has 0 aliphatic carbocycles. The van der Waals surface area contributed by atoms with Crippen molar-refractivity contribution in [1.29, 1.82) is 0 Å². The first-order valence-corrected chi connectivity index (χ1v) is 4.23. The summed E-state index contributed by atoms with van der Waals surface area (Å²) < 4.78 is 5.60. The van der Waals surface area contributed by atoms with Gasteiger partial charge in [-0.1, -0.05) is 0 Å². The molecule has 1 rings (SSSR count). The van der Waals surface area contributed by atoms with Crippen molar-refractivity contribution < 1.29 is 9.84 Å². The van der Waals surface area contributed by atoms with E-state index < -0.39 is 0 Å². The van der Waals surface area contributed by atoms with Crippen LogP contribution in [0.2, 0.25) is 0 Å². The highest BCUT2D eigenvalue weighted by Crippen LogP contribution is 2.32. The molecule has 0 saturated carbocycles. The normalized spacial score (nSPS) is 9.92. The van der Waals surface area contributed by atoms with Crippen LogP contribution >= 0.6 is 15.9 Å². The summed E-state index contributed by atoms with van der Waals surface area (Å²) in [7, 11) is 1.57. The second kappa shape index (κ2) is 3.78. The largest absolute Gasteiger partial charge is 0.506 e. The maximum Gasteiger partial charge on any atom is 0.134 e. The maximum atomic E-state index is 9.44. The van der Waals surface area contributed by atoms with Gasteiger partial charge in [-0.2, -0.15) is 0 Å². The van der Waals surface area contributed by atoms with Crippen molar-refractivity contribution in [2.45, 2.75) is 6.54 Å². The number of halogens is 1. The van der Waals surface area contributed by atoms with Gasteiger partial charge < -0.3 is 15.6 Å². The monoisotopic (exact) mass is 231 g/mol. The highest BCUT2D eigenvalue weighted by Gasteiger charge is 2.06. The van der Waals surface area contributed by atoms with Gasteiger partial charge in [0.2, 0.25) is 0 Å². The van der Waals surface area contributed by atoms with E-state index in [1.165, 1.54) is 0 Å². The Morgan fingerprint density at radius 2 is 2.25 bits per heavy atom. The highest BCUT2D eigenvalue weighted by atomic mass is 79.9. The predicted molar refractivity (Wildman–Crippen MR) is 50.3 cm³/mol. The zero-order valence-electron chi connectivity index (χ0n) is 6.67. The summed E-state index contributed by atoms with van der Waals surface area (Å²) in [4.78, 5) is 0. The zero-order valence-corrected chi connectivity index (χ0v) is 8.26. The number of hydrogen-bond acceptors (Lipinski definition) is 3. The molecule has 1 aromatic rings. The summed E-state index contributed by atoms with van der Waals surface area (Å²) in [6, 6.07) is 3.40. The molecule has 0 aliphatic rings. The lowest BCUT2D eigenvalue weighted by Gasteiger charge is -2.06. The molecule has 1 aromatic carbocycles. The second-order valence-electron chi connectivity index (χ2n) is 2.32. The van der Waals surface area contributed by atoms with Crippen LogP contribution in [-0.2, 0) is 6.54 Å². The maximum absolute atomic E-state index is 9.44. The smallest absolute Gasteiger partial charge is 0.134 e. The quantitative estimate of drug-likeness (QED) is 0.814. The van der Waals surface area contributed by atoms with E-state index >= 15 is 0 Å². The number of benzene rings is 1. The van der Waals surface area contributed by atoms with E-state index in [2.05, 4.69) is 15.9 Å². The molecular weight excluding hydrogens is 222 g/mol. The van der Waals surface area contributed by atoms with Gasteiger partial charge in [-0.3, -0.25) is 0 Å². The molecule has 0 bridgehead atoms. The minimum Gasteiger partial charge on any atom is -0.506 e. The number of nitrogens with two attached hydrogens (primary N) is 1. The molecule has 12 heavy (non-hydrogen) atoms. The van der Waals surface area contributed by atoms with Crippen molar-refractivity contribution in [3.05, 3.63) is 22.2 Å². The Morgan fingerprint density at radius 3 is 2.75 bits per heavy atom. The summed E-state index contributed by atoms with van der Waals surface area (Å²) in [6.45, 7) is 0.293. The SMILES string of the molecule is COc1cc(Br)c(O)c(CN)c1. The predicted octanol–water partition coefficient (Wildman–Crippen LogP) is 1.62. The molecule has 0 atom stereocenters. The summed E-state index contributed by atoms with van der Waals surface area (Å²) in [5.74, 6) is 0.860. The molecule has 66 valence electrons. The van der Waals surface area contributed by atoms with Crippen molar-refractivity contribution >= 4 is 15.9 Å². The lowest BCUT2D eigenvalue weighted by molar-refractivity contribution is 0.410. The summed E-state index contributed by atoms with van der Waals surface area (Å²) in [6.07, 6.45) is 0. The van der Waals surface area contributed by atoms with Gasteiger partial charge in [-0.15, -0.1) is 0 Å². The Kier molecular flexibility index (Phi) is 2.94. The average molecular weight is 232 g/mol. The van der Waals surface area contributed by atoms with Gasteiger partial charge in [0.25, 0.3) is 0 Å². The molecule has 3 nitrogen and oxygen atoms in total. The molecule has 0 radical (unpaired) electrons. The molecule has 0 heterocycles. The fourth-order valence-corrected chi connectivity index (χ4v) is 1.38. The van der Waals surface area contributed by atoms with Crippen LogP contribution in [0.5, 0.6) is 11.5 Å². The number of aromatic hydroxyl groups is 1. The third kappa shape index (κ3) is 1.70. The molecule has 0 aliphatic heterocycles. The summed E-state index contributed by atoms with van der Waals surface area (Å²) in [5.41, 5.74) is 6.07. The van der Waals surface area contributed by atoms with Crippen LogP contribution in [-0.4, -0.2) is 12.2 Å². The third-order valence-corrected chi connectivity index (χ3v) is 2.18. The Bertz CT molecular complexity index is 289. The Morgan fingerprint density at radius 1 is 1.58 bits per heavy atom. The van der Waals surface area contributed by atoms with E-state index in [-0.39, 0.29) is 5.75 Å². The van der Waals surface area contributed by atoms with Crippen LogP contribution in [0.1, 0.15) is 5.56 Å². The van der Waals surface area contributed by atoms with Crippen molar-refractivity contribution in [3.63, 3.8) is 0 Å². The van der Waals surface area contributed by atoms with Crippen LogP contribution in [0.25, 0.3) is 0 Å². The molecule has 0 spiro atoms. The highest BCUT2D eigenvalue weighted by molar-refractivity contribution is 9.10. The lowest BCUT2D eigenvalue weighted by atomic mass is 10.2. The van der Waals surface area contributed by atoms with Gasteiger partial charge in [0.05, 0.1) is 11.6 Å². The first kappa shape index (κ1) is 9.35. The fourth-order valence-electron chi connectivity index (χ4n) is 0.902. The Labute approximate surface area is 79.3 Å². The van der Waals surface area contributed by atoms with Gasteiger partial charge in [-0.05, 0) is 28.1 Å². The van der Waals surface area contributed by atoms with Crippen LogP contribution in [0, 0.1) is 0 Å². The first-order valence-electron chi connectivity index (χ1n) is 3.44. The molecule has 0 fully saturated rings. The number of rotatable bonds is 2. The van der Waals surface area contributed by atoms with Crippen molar-refractivity contribution in [3.8, 4) is 11.5 Å². The van der Waals surface area contributed by atoms with Crippen LogP contribution in [0.3, 0.4) is 0 Å². The number of phenols is 1. The number of ether oxygens (including phenoxy) is 1. The number of phenolic OH excluding ortho intramolecular Hbond substituents is 1. The second-order valence-corrected chi connectivity index (χ2v) is 3.18. The van der Waals surface area contributed by atoms with Crippen molar-refractivity contribution in [1.82, 2.24) is 0 Å². The summed E-state index contributed by atoms with van der Waals surface area (Å²) >= 11 is 3.19.